The van der Waals surface area contributed by atoms with Crippen LogP contribution in [0, 0.1) is 19.8 Å². The molecule has 0 unspecified atom stereocenters. The Hall–Kier alpha value is -1.40. The molecule has 6 heteroatoms. The fraction of sp³-hybridized carbons (Fsp3) is 0.500. The highest BCUT2D eigenvalue weighted by Crippen LogP contribution is 2.26. The van der Waals surface area contributed by atoms with Crippen LogP contribution in [0.15, 0.2) is 22.7 Å². The van der Waals surface area contributed by atoms with Gasteiger partial charge in [0.1, 0.15) is 0 Å². The normalized spacial score (nSPS) is 12.4. The SMILES string of the molecule is CSc1nc(C)c(CCC(=O)N[C@@H](c2cccs2)C(C)C)c(C)n1. The number of carbonyl (C=O) groups excluding carboxylic acids is 1. The van der Waals surface area contributed by atoms with E-state index in [0.29, 0.717) is 18.8 Å². The van der Waals surface area contributed by atoms with Crippen LogP contribution < -0.4 is 5.32 Å². The van der Waals surface area contributed by atoms with Crippen molar-refractivity contribution in [1.29, 1.82) is 0 Å². The smallest absolute Gasteiger partial charge is 0.220 e. The first-order chi connectivity index (χ1) is 11.4. The van der Waals surface area contributed by atoms with Crippen molar-refractivity contribution in [1.82, 2.24) is 15.3 Å². The summed E-state index contributed by atoms with van der Waals surface area (Å²) < 4.78 is 0. The molecule has 2 aromatic heterocycles. The number of aryl methyl sites for hydroxylation is 2. The lowest BCUT2D eigenvalue weighted by atomic mass is 10.0. The minimum absolute atomic E-state index is 0.0785. The number of carbonyl (C=O) groups is 1. The standard InChI is InChI=1S/C18H25N3OS2/c1-11(2)17(15-7-6-10-24-15)21-16(22)9-8-14-12(3)19-18(23-5)20-13(14)4/h6-7,10-11,17H,8-9H2,1-5H3,(H,21,22)/t17-/m1/s1. The molecule has 0 aliphatic heterocycles. The monoisotopic (exact) mass is 363 g/mol. The van der Waals surface area contributed by atoms with E-state index in [0.717, 1.165) is 22.1 Å². The number of aromatic nitrogens is 2. The van der Waals surface area contributed by atoms with E-state index < -0.39 is 0 Å². The van der Waals surface area contributed by atoms with Crippen LogP contribution in [0.4, 0.5) is 0 Å². The van der Waals surface area contributed by atoms with Gasteiger partial charge < -0.3 is 5.32 Å². The van der Waals surface area contributed by atoms with E-state index in [4.69, 9.17) is 0 Å². The van der Waals surface area contributed by atoms with Crippen LogP contribution in [0.1, 0.15) is 48.1 Å². The van der Waals surface area contributed by atoms with Gasteiger partial charge in [0.05, 0.1) is 6.04 Å². The van der Waals surface area contributed by atoms with Crippen LogP contribution >= 0.6 is 23.1 Å². The first-order valence-corrected chi connectivity index (χ1v) is 10.2. The fourth-order valence-corrected chi connectivity index (χ4v) is 4.09. The largest absolute Gasteiger partial charge is 0.348 e. The molecular formula is C18H25N3OS2. The highest BCUT2D eigenvalue weighted by atomic mass is 32.2. The first-order valence-electron chi connectivity index (χ1n) is 8.13. The van der Waals surface area contributed by atoms with Crippen LogP contribution in [0.2, 0.25) is 0 Å². The molecule has 0 saturated heterocycles. The number of thioether (sulfide) groups is 1. The summed E-state index contributed by atoms with van der Waals surface area (Å²) in [7, 11) is 0. The molecule has 0 fully saturated rings. The number of thiophene rings is 1. The Balaban J connectivity index is 2.00. The van der Waals surface area contributed by atoms with Crippen LogP contribution in [-0.4, -0.2) is 22.1 Å². The van der Waals surface area contributed by atoms with Gasteiger partial charge in [0.2, 0.25) is 5.91 Å². The average Bonchev–Trinajstić information content (AvgIpc) is 3.05. The van der Waals surface area contributed by atoms with E-state index in [1.54, 1.807) is 11.3 Å². The highest BCUT2D eigenvalue weighted by Gasteiger charge is 2.19. The number of rotatable bonds is 7. The Kier molecular flexibility index (Phi) is 6.80. The predicted octanol–water partition coefficient (Wildman–Crippen LogP) is 4.32. The lowest BCUT2D eigenvalue weighted by molar-refractivity contribution is -0.122. The molecule has 0 bridgehead atoms. The van der Waals surface area contributed by atoms with Crippen molar-refractivity contribution in [3.63, 3.8) is 0 Å². The summed E-state index contributed by atoms with van der Waals surface area (Å²) in [5, 5.41) is 6.01. The molecule has 2 rings (SSSR count). The van der Waals surface area contributed by atoms with Gasteiger partial charge in [0.15, 0.2) is 5.16 Å². The van der Waals surface area contributed by atoms with E-state index in [1.165, 1.54) is 16.6 Å². The molecule has 1 N–H and O–H groups in total. The van der Waals surface area contributed by atoms with Gasteiger partial charge in [-0.25, -0.2) is 9.97 Å². The minimum Gasteiger partial charge on any atom is -0.348 e. The maximum absolute atomic E-state index is 12.4. The quantitative estimate of drug-likeness (QED) is 0.588. The lowest BCUT2D eigenvalue weighted by Gasteiger charge is -2.21. The summed E-state index contributed by atoms with van der Waals surface area (Å²) in [5.74, 6) is 0.440. The molecule has 24 heavy (non-hydrogen) atoms. The van der Waals surface area contributed by atoms with Crippen molar-refractivity contribution >= 4 is 29.0 Å². The third-order valence-electron chi connectivity index (χ3n) is 4.02. The maximum Gasteiger partial charge on any atom is 0.220 e. The van der Waals surface area contributed by atoms with Crippen LogP contribution in [0.5, 0.6) is 0 Å². The Bertz CT molecular complexity index is 661. The van der Waals surface area contributed by atoms with Crippen molar-refractivity contribution in [2.45, 2.75) is 51.7 Å². The molecule has 0 radical (unpaired) electrons. The Morgan fingerprint density at radius 1 is 1.29 bits per heavy atom. The summed E-state index contributed by atoms with van der Waals surface area (Å²) in [6.45, 7) is 8.25. The molecule has 0 aromatic carbocycles. The van der Waals surface area contributed by atoms with Crippen molar-refractivity contribution in [2.24, 2.45) is 5.92 Å². The van der Waals surface area contributed by atoms with E-state index >= 15 is 0 Å². The van der Waals surface area contributed by atoms with Crippen molar-refractivity contribution in [3.8, 4) is 0 Å². The zero-order valence-corrected chi connectivity index (χ0v) is 16.6. The van der Waals surface area contributed by atoms with Gasteiger partial charge in [-0.2, -0.15) is 0 Å². The number of hydrogen-bond donors (Lipinski definition) is 1. The molecule has 1 amide bonds. The summed E-state index contributed by atoms with van der Waals surface area (Å²) in [5.41, 5.74) is 3.02. The summed E-state index contributed by atoms with van der Waals surface area (Å²) in [6.07, 6.45) is 3.10. The molecule has 4 nitrogen and oxygen atoms in total. The minimum atomic E-state index is 0.0785. The number of nitrogens with one attached hydrogen (secondary N) is 1. The first kappa shape index (κ1) is 18.9. The van der Waals surface area contributed by atoms with E-state index in [2.05, 4.69) is 35.2 Å². The van der Waals surface area contributed by atoms with E-state index in [1.807, 2.05) is 31.5 Å². The van der Waals surface area contributed by atoms with Crippen LogP contribution in [0.25, 0.3) is 0 Å². The molecular weight excluding hydrogens is 338 g/mol. The zero-order valence-electron chi connectivity index (χ0n) is 14.9. The highest BCUT2D eigenvalue weighted by molar-refractivity contribution is 7.98. The van der Waals surface area contributed by atoms with Gasteiger partial charge in [0, 0.05) is 22.7 Å². The second-order valence-electron chi connectivity index (χ2n) is 6.16. The van der Waals surface area contributed by atoms with Gasteiger partial charge in [-0.15, -0.1) is 11.3 Å². The summed E-state index contributed by atoms with van der Waals surface area (Å²) in [6, 6.07) is 4.19. The van der Waals surface area contributed by atoms with E-state index in [-0.39, 0.29) is 11.9 Å². The molecule has 0 spiro atoms. The van der Waals surface area contributed by atoms with Crippen molar-refractivity contribution in [2.75, 3.05) is 6.26 Å². The van der Waals surface area contributed by atoms with Crippen molar-refractivity contribution in [3.05, 3.63) is 39.3 Å². The van der Waals surface area contributed by atoms with Gasteiger partial charge in [-0.05, 0) is 49.5 Å². The summed E-state index contributed by atoms with van der Waals surface area (Å²) >= 11 is 3.23. The average molecular weight is 364 g/mol. The second-order valence-corrected chi connectivity index (χ2v) is 7.92. The van der Waals surface area contributed by atoms with Crippen LogP contribution in [0.3, 0.4) is 0 Å². The van der Waals surface area contributed by atoms with Gasteiger partial charge in [-0.3, -0.25) is 4.79 Å². The predicted molar refractivity (Wildman–Crippen MR) is 102 cm³/mol. The number of nitrogens with zero attached hydrogens (tertiary/aromatic N) is 2. The van der Waals surface area contributed by atoms with Crippen LogP contribution in [-0.2, 0) is 11.2 Å². The van der Waals surface area contributed by atoms with E-state index in [9.17, 15) is 4.79 Å². The van der Waals surface area contributed by atoms with Crippen molar-refractivity contribution < 1.29 is 4.79 Å². The topological polar surface area (TPSA) is 54.9 Å². The van der Waals surface area contributed by atoms with Gasteiger partial charge in [0.25, 0.3) is 0 Å². The summed E-state index contributed by atoms with van der Waals surface area (Å²) in [4.78, 5) is 22.6. The third kappa shape index (κ3) is 4.80. The second kappa shape index (κ2) is 8.62. The Morgan fingerprint density at radius 2 is 1.96 bits per heavy atom. The Morgan fingerprint density at radius 3 is 2.46 bits per heavy atom. The molecule has 0 aliphatic rings. The van der Waals surface area contributed by atoms with Gasteiger partial charge in [-0.1, -0.05) is 31.7 Å². The molecule has 1 atom stereocenters. The zero-order chi connectivity index (χ0) is 17.7. The molecule has 0 aliphatic carbocycles. The van der Waals surface area contributed by atoms with Gasteiger partial charge >= 0.3 is 0 Å². The molecule has 130 valence electrons. The number of amides is 1. The molecule has 2 aromatic rings. The lowest BCUT2D eigenvalue weighted by Crippen LogP contribution is -2.31. The fourth-order valence-electron chi connectivity index (χ4n) is 2.68. The Labute approximate surface area is 152 Å². The maximum atomic E-state index is 12.4. The molecule has 2 heterocycles. The third-order valence-corrected chi connectivity index (χ3v) is 5.52. The molecule has 0 saturated carbocycles. The number of hydrogen-bond acceptors (Lipinski definition) is 5.